The molecule has 4 rings (SSSR count). The van der Waals surface area contributed by atoms with E-state index < -0.39 is 0 Å². The van der Waals surface area contributed by atoms with Crippen LogP contribution in [-0.4, -0.2) is 41.3 Å². The van der Waals surface area contributed by atoms with E-state index in [2.05, 4.69) is 27.6 Å². The molecule has 1 N–H and O–H groups in total. The second kappa shape index (κ2) is 9.05. The second-order valence-corrected chi connectivity index (χ2v) is 8.21. The number of nitrogens with one attached hydrogen (secondary N) is 1. The summed E-state index contributed by atoms with van der Waals surface area (Å²) in [4.78, 5) is 14.6. The molecule has 2 aromatic carbocycles. The van der Waals surface area contributed by atoms with Crippen molar-refractivity contribution < 1.29 is 9.53 Å². The van der Waals surface area contributed by atoms with E-state index in [9.17, 15) is 4.79 Å². The van der Waals surface area contributed by atoms with Gasteiger partial charge in [0.25, 0.3) is 0 Å². The van der Waals surface area contributed by atoms with Crippen molar-refractivity contribution in [1.82, 2.24) is 15.1 Å². The minimum absolute atomic E-state index is 0.103. The van der Waals surface area contributed by atoms with Crippen LogP contribution in [0.4, 0.5) is 10.5 Å². The van der Waals surface area contributed by atoms with Crippen molar-refractivity contribution in [1.29, 1.82) is 0 Å². The Hall–Kier alpha value is -2.93. The topological polar surface area (TPSA) is 67.3 Å². The number of methoxy groups -OCH3 is 1. The van der Waals surface area contributed by atoms with Gasteiger partial charge in [-0.2, -0.15) is 0 Å². The maximum atomic E-state index is 12.8. The van der Waals surface area contributed by atoms with Gasteiger partial charge in [0, 0.05) is 25.4 Å². The molecule has 0 spiro atoms. The number of piperidine rings is 1. The Kier molecular flexibility index (Phi) is 6.05. The molecule has 1 saturated heterocycles. The molecule has 0 aliphatic carbocycles. The molecule has 1 aliphatic rings. The standard InChI is InChI=1S/C22H24N4O2S/c1-28-19-12-6-5-11-18(19)23-22(27)26-13-7-10-17(15-26)21-25-24-20(29-21)14-16-8-3-2-4-9-16/h2-6,8-9,11-12,17H,7,10,13-15H2,1H3,(H,23,27). The van der Waals surface area contributed by atoms with Gasteiger partial charge < -0.3 is 15.0 Å². The van der Waals surface area contributed by atoms with Gasteiger partial charge in [-0.1, -0.05) is 42.5 Å². The highest BCUT2D eigenvalue weighted by atomic mass is 32.1. The lowest BCUT2D eigenvalue weighted by molar-refractivity contribution is 0.192. The number of urea groups is 1. The molecule has 1 fully saturated rings. The Morgan fingerprint density at radius 3 is 2.79 bits per heavy atom. The lowest BCUT2D eigenvalue weighted by Crippen LogP contribution is -2.41. The minimum atomic E-state index is -0.103. The smallest absolute Gasteiger partial charge is 0.321 e. The van der Waals surface area contributed by atoms with Crippen molar-refractivity contribution in [3.8, 4) is 5.75 Å². The summed E-state index contributed by atoms with van der Waals surface area (Å²) in [6.07, 6.45) is 2.78. The summed E-state index contributed by atoms with van der Waals surface area (Å²) in [5.41, 5.74) is 1.92. The fraction of sp³-hybridized carbons (Fsp3) is 0.318. The highest BCUT2D eigenvalue weighted by Crippen LogP contribution is 2.31. The minimum Gasteiger partial charge on any atom is -0.495 e. The number of hydrogen-bond acceptors (Lipinski definition) is 5. The number of para-hydroxylation sites is 2. The molecule has 0 bridgehead atoms. The Bertz CT molecular complexity index is 960. The van der Waals surface area contributed by atoms with Gasteiger partial charge in [-0.05, 0) is 30.5 Å². The average Bonchev–Trinajstić information content (AvgIpc) is 3.23. The molecule has 150 valence electrons. The first-order chi connectivity index (χ1) is 14.2. The number of hydrogen-bond donors (Lipinski definition) is 1. The molecule has 1 unspecified atom stereocenters. The highest BCUT2D eigenvalue weighted by molar-refractivity contribution is 7.11. The first-order valence-electron chi connectivity index (χ1n) is 9.78. The molecule has 0 radical (unpaired) electrons. The van der Waals surface area contributed by atoms with Crippen LogP contribution in [0, 0.1) is 0 Å². The number of ether oxygens (including phenoxy) is 1. The van der Waals surface area contributed by atoms with Crippen LogP contribution < -0.4 is 10.1 Å². The van der Waals surface area contributed by atoms with Gasteiger partial charge in [-0.3, -0.25) is 0 Å². The van der Waals surface area contributed by atoms with E-state index in [0.29, 0.717) is 18.0 Å². The van der Waals surface area contributed by atoms with E-state index in [4.69, 9.17) is 4.74 Å². The molecule has 1 aromatic heterocycles. The van der Waals surface area contributed by atoms with Gasteiger partial charge in [0.05, 0.1) is 12.8 Å². The number of rotatable bonds is 5. The number of amides is 2. The van der Waals surface area contributed by atoms with Crippen LogP contribution in [0.3, 0.4) is 0 Å². The number of carbonyl (C=O) groups excluding carboxylic acids is 1. The first kappa shape index (κ1) is 19.4. The molecule has 29 heavy (non-hydrogen) atoms. The van der Waals surface area contributed by atoms with Crippen LogP contribution >= 0.6 is 11.3 Å². The Balaban J connectivity index is 1.40. The van der Waals surface area contributed by atoms with Gasteiger partial charge in [0.2, 0.25) is 0 Å². The molecule has 1 aliphatic heterocycles. The molecule has 6 nitrogen and oxygen atoms in total. The van der Waals surface area contributed by atoms with Gasteiger partial charge in [-0.15, -0.1) is 21.5 Å². The lowest BCUT2D eigenvalue weighted by atomic mass is 9.99. The summed E-state index contributed by atoms with van der Waals surface area (Å²) in [7, 11) is 1.60. The maximum Gasteiger partial charge on any atom is 0.321 e. The van der Waals surface area contributed by atoms with Crippen LogP contribution in [-0.2, 0) is 6.42 Å². The van der Waals surface area contributed by atoms with Crippen molar-refractivity contribution in [2.24, 2.45) is 0 Å². The van der Waals surface area contributed by atoms with Crippen LogP contribution in [0.2, 0.25) is 0 Å². The summed E-state index contributed by atoms with van der Waals surface area (Å²) >= 11 is 1.66. The van der Waals surface area contributed by atoms with Crippen LogP contribution in [0.25, 0.3) is 0 Å². The SMILES string of the molecule is COc1ccccc1NC(=O)N1CCCC(c2nnc(Cc3ccccc3)s2)C1. The lowest BCUT2D eigenvalue weighted by Gasteiger charge is -2.31. The summed E-state index contributed by atoms with van der Waals surface area (Å²) in [6.45, 7) is 1.40. The predicted molar refractivity (Wildman–Crippen MR) is 115 cm³/mol. The second-order valence-electron chi connectivity index (χ2n) is 7.11. The van der Waals surface area contributed by atoms with Gasteiger partial charge >= 0.3 is 6.03 Å². The number of benzene rings is 2. The molecule has 3 aromatic rings. The van der Waals surface area contributed by atoms with Crippen molar-refractivity contribution in [3.63, 3.8) is 0 Å². The third-order valence-corrected chi connectivity index (χ3v) is 6.17. The zero-order valence-electron chi connectivity index (χ0n) is 16.4. The molecular weight excluding hydrogens is 384 g/mol. The van der Waals surface area contributed by atoms with Crippen molar-refractivity contribution in [2.45, 2.75) is 25.2 Å². The normalized spacial score (nSPS) is 16.4. The predicted octanol–water partition coefficient (Wildman–Crippen LogP) is 4.55. The monoisotopic (exact) mass is 408 g/mol. The van der Waals surface area contributed by atoms with Crippen LogP contribution in [0.1, 0.15) is 34.3 Å². The van der Waals surface area contributed by atoms with E-state index in [1.807, 2.05) is 47.4 Å². The van der Waals surface area contributed by atoms with Crippen LogP contribution in [0.15, 0.2) is 54.6 Å². The van der Waals surface area contributed by atoms with Crippen molar-refractivity contribution in [3.05, 3.63) is 70.2 Å². The molecular formula is C22H24N4O2S. The zero-order chi connectivity index (χ0) is 20.1. The largest absolute Gasteiger partial charge is 0.495 e. The number of aromatic nitrogens is 2. The number of likely N-dealkylation sites (tertiary alicyclic amines) is 1. The third kappa shape index (κ3) is 4.74. The number of anilines is 1. The zero-order valence-corrected chi connectivity index (χ0v) is 17.2. The molecule has 1 atom stereocenters. The van der Waals surface area contributed by atoms with E-state index >= 15 is 0 Å². The average molecular weight is 409 g/mol. The quantitative estimate of drug-likeness (QED) is 0.673. The maximum absolute atomic E-state index is 12.8. The van der Waals surface area contributed by atoms with Gasteiger partial charge in [0.1, 0.15) is 15.8 Å². The summed E-state index contributed by atoms with van der Waals surface area (Å²) < 4.78 is 5.33. The third-order valence-electron chi connectivity index (χ3n) is 5.09. The summed E-state index contributed by atoms with van der Waals surface area (Å²) in [6, 6.07) is 17.6. The Morgan fingerprint density at radius 1 is 1.17 bits per heavy atom. The first-order valence-corrected chi connectivity index (χ1v) is 10.6. The van der Waals surface area contributed by atoms with Crippen molar-refractivity contribution >= 4 is 23.1 Å². The fourth-order valence-corrected chi connectivity index (χ4v) is 4.58. The summed E-state index contributed by atoms with van der Waals surface area (Å²) in [5.74, 6) is 0.887. The number of nitrogens with zero attached hydrogens (tertiary/aromatic N) is 3. The summed E-state index contributed by atoms with van der Waals surface area (Å²) in [5, 5.41) is 13.8. The van der Waals surface area contributed by atoms with E-state index in [1.165, 1.54) is 5.56 Å². The Morgan fingerprint density at radius 2 is 1.97 bits per heavy atom. The molecule has 0 saturated carbocycles. The Labute approximate surface area is 174 Å². The van der Waals surface area contributed by atoms with E-state index in [1.54, 1.807) is 18.4 Å². The van der Waals surface area contributed by atoms with Crippen LogP contribution in [0.5, 0.6) is 5.75 Å². The van der Waals surface area contributed by atoms with Gasteiger partial charge in [-0.25, -0.2) is 4.79 Å². The number of carbonyl (C=O) groups is 1. The van der Waals surface area contributed by atoms with Gasteiger partial charge in [0.15, 0.2) is 0 Å². The molecule has 2 heterocycles. The molecule has 2 amide bonds. The highest BCUT2D eigenvalue weighted by Gasteiger charge is 2.27. The van der Waals surface area contributed by atoms with Crippen molar-refractivity contribution in [2.75, 3.05) is 25.5 Å². The molecule has 7 heteroatoms. The fourth-order valence-electron chi connectivity index (χ4n) is 3.58. The van der Waals surface area contributed by atoms with E-state index in [-0.39, 0.29) is 11.9 Å². The van der Waals surface area contributed by atoms with E-state index in [0.717, 1.165) is 35.8 Å².